The molecule has 40 valence electrons. The van der Waals surface area contributed by atoms with Crippen molar-refractivity contribution in [3.8, 4) is 0 Å². The second kappa shape index (κ2) is 2.40. The van der Waals surface area contributed by atoms with Crippen LogP contribution in [0.3, 0.4) is 0 Å². The topological polar surface area (TPSA) is 0 Å². The standard InChI is InChI=1S/5BrH.Nb/h5*1H;/q;;;;;+5/p-5/i;;;;;1-89. The van der Waals surface area contributed by atoms with E-state index in [2.05, 4.69) is 65.1 Å². The molecule has 0 aromatic carbocycles. The molecule has 0 bridgehead atoms. The van der Waals surface area contributed by atoms with E-state index in [1.165, 1.54) is 0 Å². The van der Waals surface area contributed by atoms with Crippen molar-refractivity contribution in [3.63, 3.8) is 0 Å². The van der Waals surface area contributed by atoms with Gasteiger partial charge in [-0.05, 0) is 0 Å². The molecule has 0 aliphatic carbocycles. The van der Waals surface area contributed by atoms with Gasteiger partial charge in [0, 0.05) is 0 Å². The molecule has 0 rings (SSSR count). The van der Waals surface area contributed by atoms with Crippen molar-refractivity contribution in [2.45, 2.75) is 0 Å². The van der Waals surface area contributed by atoms with E-state index in [-0.39, 0.29) is 0 Å². The Kier molecular flexibility index (Phi) is 3.66. The number of hydrogen-bond donors (Lipinski definition) is 0. The molecule has 6 heavy (non-hydrogen) atoms. The van der Waals surface area contributed by atoms with Crippen LogP contribution in [0.5, 0.6) is 0 Å². The summed E-state index contributed by atoms with van der Waals surface area (Å²) in [5, 5.41) is -2.63. The third kappa shape index (κ3) is 27.3. The van der Waals surface area contributed by atoms with Crippen molar-refractivity contribution < 1.29 is 5.15 Å². The molecule has 0 spiro atoms. The van der Waals surface area contributed by atoms with Gasteiger partial charge in [-0.1, -0.05) is 0 Å². The second-order valence-corrected chi connectivity index (χ2v) is 102. The van der Waals surface area contributed by atoms with Crippen molar-refractivity contribution in [1.29, 1.82) is 0 Å². The van der Waals surface area contributed by atoms with Crippen molar-refractivity contribution in [3.05, 3.63) is 0 Å². The van der Waals surface area contributed by atoms with Crippen LogP contribution in [0.25, 0.3) is 0 Å². The first-order valence-corrected chi connectivity index (χ1v) is 26.0. The zero-order valence-electron chi connectivity index (χ0n) is 2.34. The van der Waals surface area contributed by atoms with E-state index in [9.17, 15) is 0 Å². The molecule has 0 aromatic rings. The Labute approximate surface area is 68.5 Å². The quantitative estimate of drug-likeness (QED) is 0.531. The van der Waals surface area contributed by atoms with Crippen LogP contribution < -0.4 is 0 Å². The second-order valence-electron chi connectivity index (χ2n) is 0.639. The third-order valence-corrected chi connectivity index (χ3v) is 0. The van der Waals surface area contributed by atoms with Gasteiger partial charge in [-0.15, -0.1) is 0 Å². The maximum atomic E-state index is 3.35. The molecule has 0 heterocycles. The summed E-state index contributed by atoms with van der Waals surface area (Å²) in [4.78, 5) is 0. The van der Waals surface area contributed by atoms with Crippen LogP contribution in [0.1, 0.15) is 0 Å². The molecule has 0 fully saturated rings. The Bertz CT molecular complexity index is 37.1. The van der Waals surface area contributed by atoms with Crippen LogP contribution in [-0.2, 0) is 5.15 Å². The summed E-state index contributed by atoms with van der Waals surface area (Å²) in [5.74, 6) is 0. The van der Waals surface area contributed by atoms with Crippen LogP contribution in [0, 0.1) is 0 Å². The van der Waals surface area contributed by atoms with Gasteiger partial charge in [0.05, 0.1) is 0 Å². The Hall–Kier alpha value is 3.14. The van der Waals surface area contributed by atoms with Crippen LogP contribution in [0.15, 0.2) is 0 Å². The first kappa shape index (κ1) is 9.14. The summed E-state index contributed by atoms with van der Waals surface area (Å²) in [6.45, 7) is 0. The first-order valence-electron chi connectivity index (χ1n) is 0.845. The first-order chi connectivity index (χ1) is 2.24. The summed E-state index contributed by atoms with van der Waals surface area (Å²) in [5.41, 5.74) is 0. The maximum absolute atomic E-state index is 3.35. The summed E-state index contributed by atoms with van der Waals surface area (Å²) >= 11 is 16.7. The Balaban J connectivity index is 3.73. The van der Waals surface area contributed by atoms with Crippen molar-refractivity contribution >= 4 is 65.1 Å². The summed E-state index contributed by atoms with van der Waals surface area (Å²) in [6, 6.07) is 0. The fourth-order valence-electron chi connectivity index (χ4n) is 0. The summed E-state index contributed by atoms with van der Waals surface area (Å²) in [6.07, 6.45) is 0. The van der Waals surface area contributed by atoms with Crippen LogP contribution in [-0.4, -0.2) is 0 Å². The van der Waals surface area contributed by atoms with Crippen LogP contribution >= 0.6 is 65.1 Å². The van der Waals surface area contributed by atoms with Gasteiger partial charge in [-0.25, -0.2) is 0 Å². The van der Waals surface area contributed by atoms with Gasteiger partial charge >= 0.3 is 70.3 Å². The van der Waals surface area contributed by atoms with E-state index in [0.717, 1.165) is 0 Å². The summed E-state index contributed by atoms with van der Waals surface area (Å²) in [7, 11) is 0. The Morgan fingerprint density at radius 1 is 0.667 bits per heavy atom. The van der Waals surface area contributed by atoms with E-state index >= 15 is 0 Å². The Morgan fingerprint density at radius 2 is 0.667 bits per heavy atom. The molecule has 0 atom stereocenters. The zero-order valence-corrected chi connectivity index (χ0v) is 12.5. The minimum absolute atomic E-state index is 2.63. The van der Waals surface area contributed by atoms with E-state index in [1.807, 2.05) is 0 Å². The monoisotopic (exact) mass is 399 g/mol. The molecule has 0 nitrogen and oxygen atoms in total. The van der Waals surface area contributed by atoms with E-state index in [4.69, 9.17) is 0 Å². The number of halogens is 5. The van der Waals surface area contributed by atoms with Crippen molar-refractivity contribution in [2.24, 2.45) is 0 Å². The van der Waals surface area contributed by atoms with Crippen molar-refractivity contribution in [1.82, 2.24) is 0 Å². The molecular weight excluding hydrogens is 404 g/mol. The van der Waals surface area contributed by atoms with Gasteiger partial charge < -0.3 is 0 Å². The SMILES string of the molecule is [Br][4Nb]([Br])([Br])([Br])[Br]. The molecule has 0 unspecified atom stereocenters. The normalized spacial score (nSPS) is 19.2. The minimum atomic E-state index is -2.63. The number of hydrogen-bond acceptors (Lipinski definition) is 0. The van der Waals surface area contributed by atoms with Gasteiger partial charge in [-0.2, -0.15) is 0 Å². The van der Waals surface area contributed by atoms with E-state index < -0.39 is 5.15 Å². The van der Waals surface area contributed by atoms with Gasteiger partial charge in [0.1, 0.15) is 0 Å². The van der Waals surface area contributed by atoms with E-state index in [1.54, 1.807) is 0 Å². The average Bonchev–Trinajstić information content (AvgIpc) is 0.650. The fourth-order valence-corrected chi connectivity index (χ4v) is 0. The van der Waals surface area contributed by atoms with Crippen LogP contribution in [0.2, 0.25) is 0 Å². The molecule has 0 aliphatic rings. The van der Waals surface area contributed by atoms with Gasteiger partial charge in [-0.3, -0.25) is 0 Å². The predicted molar refractivity (Wildman–Crippen MR) is 44.6 cm³/mol. The molecule has 0 saturated carbocycles. The molecule has 0 aliphatic heterocycles. The van der Waals surface area contributed by atoms with Crippen LogP contribution in [0.4, 0.5) is 0 Å². The molecule has 6 heteroatoms. The average molecular weight is 404 g/mol. The van der Waals surface area contributed by atoms with Gasteiger partial charge in [0.2, 0.25) is 0 Å². The number of rotatable bonds is 0. The molecule has 0 N–H and O–H groups in total. The third-order valence-electron chi connectivity index (χ3n) is 0. The Morgan fingerprint density at radius 3 is 0.667 bits per heavy atom. The fraction of sp³-hybridized carbons (Fsp3) is 0. The molecule has 0 radical (unpaired) electrons. The molecule has 0 amide bonds. The molecule has 0 aromatic heterocycles. The molecular formula is Br5Nb. The molecule has 0 saturated heterocycles. The summed E-state index contributed by atoms with van der Waals surface area (Å²) < 4.78 is 0. The van der Waals surface area contributed by atoms with Gasteiger partial charge in [0.25, 0.3) is 0 Å². The predicted octanol–water partition coefficient (Wildman–Crippen LogP) is 4.23. The zero-order chi connectivity index (χ0) is 5.45. The van der Waals surface area contributed by atoms with E-state index in [0.29, 0.717) is 0 Å². The van der Waals surface area contributed by atoms with Gasteiger partial charge in [0.15, 0.2) is 0 Å². The van der Waals surface area contributed by atoms with Crippen molar-refractivity contribution in [2.75, 3.05) is 0 Å².